The first kappa shape index (κ1) is 11.9. The number of rotatable bonds is 3. The lowest BCUT2D eigenvalue weighted by Gasteiger charge is -2.25. The van der Waals surface area contributed by atoms with Gasteiger partial charge in [-0.1, -0.05) is 24.3 Å². The second-order valence-corrected chi connectivity index (χ2v) is 5.61. The predicted molar refractivity (Wildman–Crippen MR) is 72.8 cm³/mol. The van der Waals surface area contributed by atoms with Gasteiger partial charge in [0.25, 0.3) is 0 Å². The Labute approximate surface area is 109 Å². The van der Waals surface area contributed by atoms with Crippen LogP contribution in [0.15, 0.2) is 24.3 Å². The van der Waals surface area contributed by atoms with Crippen molar-refractivity contribution >= 4 is 5.78 Å². The molecule has 0 radical (unpaired) electrons. The van der Waals surface area contributed by atoms with Gasteiger partial charge in [-0.2, -0.15) is 0 Å². The van der Waals surface area contributed by atoms with Crippen LogP contribution in [-0.4, -0.2) is 18.4 Å². The monoisotopic (exact) mass is 243 g/mol. The third-order valence-electron chi connectivity index (χ3n) is 4.39. The second kappa shape index (κ2) is 5.23. The van der Waals surface area contributed by atoms with Crippen LogP contribution >= 0.6 is 0 Å². The van der Waals surface area contributed by atoms with Crippen LogP contribution in [0.5, 0.6) is 0 Å². The summed E-state index contributed by atoms with van der Waals surface area (Å²) in [6, 6.07) is 8.80. The molecular formula is C16H21NO. The summed E-state index contributed by atoms with van der Waals surface area (Å²) in [5.74, 6) is 0.888. The highest BCUT2D eigenvalue weighted by atomic mass is 16.1. The molecule has 18 heavy (non-hydrogen) atoms. The molecule has 0 bridgehead atoms. The Hall–Kier alpha value is -1.15. The van der Waals surface area contributed by atoms with Gasteiger partial charge in [0.05, 0.1) is 6.04 Å². The number of aryl methyl sites for hydroxylation is 1. The number of Topliss-reactive ketones (excluding diaryl/α,β-unsaturated/α-hetero) is 1. The van der Waals surface area contributed by atoms with E-state index in [0.29, 0.717) is 11.7 Å². The van der Waals surface area contributed by atoms with Crippen LogP contribution in [0, 0.1) is 0 Å². The fraction of sp³-hybridized carbons (Fsp3) is 0.562. The summed E-state index contributed by atoms with van der Waals surface area (Å²) in [6.07, 6.45) is 6.50. The van der Waals surface area contributed by atoms with Gasteiger partial charge in [-0.05, 0) is 55.7 Å². The molecule has 2 aliphatic rings. The Morgan fingerprint density at radius 2 is 2.11 bits per heavy atom. The smallest absolute Gasteiger partial charge is 0.150 e. The molecular weight excluding hydrogens is 222 g/mol. The van der Waals surface area contributed by atoms with Crippen LogP contribution in [0.4, 0.5) is 0 Å². The van der Waals surface area contributed by atoms with E-state index < -0.39 is 0 Å². The van der Waals surface area contributed by atoms with E-state index in [1.807, 2.05) is 0 Å². The lowest BCUT2D eigenvalue weighted by Crippen LogP contribution is -2.32. The molecule has 1 aromatic rings. The average Bonchev–Trinajstić information content (AvgIpc) is 2.93. The molecule has 96 valence electrons. The predicted octanol–water partition coefficient (Wildman–Crippen LogP) is 2.82. The van der Waals surface area contributed by atoms with Gasteiger partial charge >= 0.3 is 0 Å². The van der Waals surface area contributed by atoms with Crippen molar-refractivity contribution in [2.45, 2.75) is 50.5 Å². The fourth-order valence-corrected chi connectivity index (χ4v) is 3.41. The van der Waals surface area contributed by atoms with Gasteiger partial charge in [0.2, 0.25) is 0 Å². The van der Waals surface area contributed by atoms with Gasteiger partial charge in [-0.3, -0.25) is 4.79 Å². The van der Waals surface area contributed by atoms with Crippen molar-refractivity contribution in [3.05, 3.63) is 35.4 Å². The van der Waals surface area contributed by atoms with Gasteiger partial charge in [-0.25, -0.2) is 0 Å². The molecule has 2 nitrogen and oxygen atoms in total. The summed E-state index contributed by atoms with van der Waals surface area (Å²) in [5, 5.41) is 3.32. The summed E-state index contributed by atoms with van der Waals surface area (Å²) in [4.78, 5) is 12.3. The summed E-state index contributed by atoms with van der Waals surface area (Å²) in [6.45, 7) is 1.01. The van der Waals surface area contributed by atoms with Crippen molar-refractivity contribution in [3.63, 3.8) is 0 Å². The molecule has 2 heteroatoms. The quantitative estimate of drug-likeness (QED) is 0.884. The summed E-state index contributed by atoms with van der Waals surface area (Å²) >= 11 is 0. The maximum absolute atomic E-state index is 12.3. The van der Waals surface area contributed by atoms with E-state index in [9.17, 15) is 4.79 Å². The molecule has 0 saturated carbocycles. The van der Waals surface area contributed by atoms with Crippen LogP contribution in [0.2, 0.25) is 0 Å². The number of hydrogen-bond donors (Lipinski definition) is 1. The highest BCUT2D eigenvalue weighted by molar-refractivity contribution is 5.85. The third kappa shape index (κ3) is 2.35. The SMILES string of the molecule is O=C(CC1CCCc2ccccc21)C1CCCN1. The van der Waals surface area contributed by atoms with Gasteiger partial charge < -0.3 is 5.32 Å². The number of hydrogen-bond acceptors (Lipinski definition) is 2. The van der Waals surface area contributed by atoms with E-state index in [-0.39, 0.29) is 6.04 Å². The lowest BCUT2D eigenvalue weighted by molar-refractivity contribution is -0.121. The van der Waals surface area contributed by atoms with Gasteiger partial charge in [0.15, 0.2) is 0 Å². The topological polar surface area (TPSA) is 29.1 Å². The van der Waals surface area contributed by atoms with Crippen LogP contribution in [0.1, 0.15) is 49.1 Å². The summed E-state index contributed by atoms with van der Waals surface area (Å²) < 4.78 is 0. The van der Waals surface area contributed by atoms with E-state index in [1.165, 1.54) is 30.4 Å². The first-order valence-electron chi connectivity index (χ1n) is 7.18. The van der Waals surface area contributed by atoms with Gasteiger partial charge in [-0.15, -0.1) is 0 Å². The minimum absolute atomic E-state index is 0.138. The molecule has 2 unspecified atom stereocenters. The number of ketones is 1. The van der Waals surface area contributed by atoms with Crippen molar-refractivity contribution in [2.24, 2.45) is 0 Å². The van der Waals surface area contributed by atoms with Crippen LogP contribution in [0.3, 0.4) is 0 Å². The number of benzene rings is 1. The molecule has 1 aliphatic heterocycles. The van der Waals surface area contributed by atoms with Crippen molar-refractivity contribution < 1.29 is 4.79 Å². The average molecular weight is 243 g/mol. The zero-order chi connectivity index (χ0) is 12.4. The fourth-order valence-electron chi connectivity index (χ4n) is 3.41. The van der Waals surface area contributed by atoms with E-state index in [0.717, 1.165) is 25.8 Å². The maximum atomic E-state index is 12.3. The Morgan fingerprint density at radius 3 is 2.94 bits per heavy atom. The number of carbonyl (C=O) groups is 1. The van der Waals surface area contributed by atoms with Gasteiger partial charge in [0.1, 0.15) is 5.78 Å². The minimum atomic E-state index is 0.138. The zero-order valence-electron chi connectivity index (χ0n) is 10.8. The first-order valence-corrected chi connectivity index (χ1v) is 7.18. The van der Waals surface area contributed by atoms with Crippen LogP contribution in [0.25, 0.3) is 0 Å². The molecule has 1 aromatic carbocycles. The number of nitrogens with one attached hydrogen (secondary N) is 1. The summed E-state index contributed by atoms with van der Waals surface area (Å²) in [5.41, 5.74) is 2.89. The Balaban J connectivity index is 1.72. The number of carbonyl (C=O) groups excluding carboxylic acids is 1. The van der Waals surface area contributed by atoms with Crippen molar-refractivity contribution in [1.82, 2.24) is 5.32 Å². The Bertz CT molecular complexity index is 434. The molecule has 1 saturated heterocycles. The summed E-state index contributed by atoms with van der Waals surface area (Å²) in [7, 11) is 0. The highest BCUT2D eigenvalue weighted by Crippen LogP contribution is 2.34. The first-order chi connectivity index (χ1) is 8.84. The highest BCUT2D eigenvalue weighted by Gasteiger charge is 2.27. The second-order valence-electron chi connectivity index (χ2n) is 5.61. The van der Waals surface area contributed by atoms with Crippen molar-refractivity contribution in [2.75, 3.05) is 6.54 Å². The largest absolute Gasteiger partial charge is 0.307 e. The lowest BCUT2D eigenvalue weighted by atomic mass is 9.79. The van der Waals surface area contributed by atoms with E-state index in [1.54, 1.807) is 0 Å². The zero-order valence-corrected chi connectivity index (χ0v) is 10.8. The molecule has 0 aromatic heterocycles. The van der Waals surface area contributed by atoms with E-state index >= 15 is 0 Å². The minimum Gasteiger partial charge on any atom is -0.307 e. The van der Waals surface area contributed by atoms with Gasteiger partial charge in [0, 0.05) is 6.42 Å². The molecule has 3 rings (SSSR count). The normalized spacial score (nSPS) is 26.9. The van der Waals surface area contributed by atoms with E-state index in [2.05, 4.69) is 29.6 Å². The molecule has 1 fully saturated rings. The van der Waals surface area contributed by atoms with E-state index in [4.69, 9.17) is 0 Å². The molecule has 0 spiro atoms. The third-order valence-corrected chi connectivity index (χ3v) is 4.39. The molecule has 1 N–H and O–H groups in total. The Kier molecular flexibility index (Phi) is 3.46. The molecule has 1 heterocycles. The van der Waals surface area contributed by atoms with Crippen LogP contribution < -0.4 is 5.32 Å². The molecule has 0 amide bonds. The Morgan fingerprint density at radius 1 is 1.22 bits per heavy atom. The van der Waals surface area contributed by atoms with Crippen molar-refractivity contribution in [1.29, 1.82) is 0 Å². The van der Waals surface area contributed by atoms with Crippen LogP contribution in [-0.2, 0) is 11.2 Å². The molecule has 2 atom stereocenters. The standard InChI is InChI=1S/C16H21NO/c18-16(15-9-4-10-17-15)11-13-7-3-6-12-5-1-2-8-14(12)13/h1-2,5,8,13,15,17H,3-4,6-7,9-11H2. The van der Waals surface area contributed by atoms with Crippen molar-refractivity contribution in [3.8, 4) is 0 Å². The maximum Gasteiger partial charge on any atom is 0.150 e. The molecule has 1 aliphatic carbocycles. The number of fused-ring (bicyclic) bond motifs is 1.